The molecule has 4 heteroatoms. The lowest BCUT2D eigenvalue weighted by Crippen LogP contribution is -2.07. The first-order valence-electron chi connectivity index (χ1n) is 4.55. The minimum atomic E-state index is -0.977. The Morgan fingerprint density at radius 1 is 1.53 bits per heavy atom. The molecule has 0 unspecified atom stereocenters. The van der Waals surface area contributed by atoms with E-state index in [0.717, 1.165) is 10.9 Å². The lowest BCUT2D eigenvalue weighted by Gasteiger charge is -2.01. The number of nitrogens with zero attached hydrogens (tertiary/aromatic N) is 1. The van der Waals surface area contributed by atoms with Crippen LogP contribution in [0.15, 0.2) is 24.4 Å². The standard InChI is InChI=1S/C11H10FNO2/c1-7-5-13(6-10(14)15)11-8(7)3-2-4-9(11)12/h2-5H,6H2,1H3,(H,14,15). The van der Waals surface area contributed by atoms with Gasteiger partial charge in [0, 0.05) is 11.6 Å². The number of carbonyl (C=O) groups is 1. The van der Waals surface area contributed by atoms with Gasteiger partial charge in [-0.1, -0.05) is 12.1 Å². The van der Waals surface area contributed by atoms with Crippen molar-refractivity contribution < 1.29 is 14.3 Å². The van der Waals surface area contributed by atoms with Crippen molar-refractivity contribution in [2.24, 2.45) is 0 Å². The number of hydrogen-bond donors (Lipinski definition) is 1. The fourth-order valence-corrected chi connectivity index (χ4v) is 1.76. The van der Waals surface area contributed by atoms with Gasteiger partial charge in [0.2, 0.25) is 0 Å². The van der Waals surface area contributed by atoms with E-state index >= 15 is 0 Å². The van der Waals surface area contributed by atoms with Crippen molar-refractivity contribution >= 4 is 16.9 Å². The van der Waals surface area contributed by atoms with E-state index in [1.807, 2.05) is 6.92 Å². The Morgan fingerprint density at radius 3 is 2.93 bits per heavy atom. The van der Waals surface area contributed by atoms with Gasteiger partial charge in [0.1, 0.15) is 12.4 Å². The molecule has 1 N–H and O–H groups in total. The van der Waals surface area contributed by atoms with E-state index in [2.05, 4.69) is 0 Å². The van der Waals surface area contributed by atoms with Gasteiger partial charge in [0.15, 0.2) is 0 Å². The molecule has 0 aliphatic heterocycles. The van der Waals surface area contributed by atoms with Crippen LogP contribution in [0.5, 0.6) is 0 Å². The maximum Gasteiger partial charge on any atom is 0.323 e. The average molecular weight is 207 g/mol. The van der Waals surface area contributed by atoms with Crippen molar-refractivity contribution in [2.75, 3.05) is 0 Å². The number of aromatic nitrogens is 1. The maximum atomic E-state index is 13.5. The highest BCUT2D eigenvalue weighted by Crippen LogP contribution is 2.23. The summed E-state index contributed by atoms with van der Waals surface area (Å²) in [5, 5.41) is 9.44. The maximum absolute atomic E-state index is 13.5. The second-order valence-corrected chi connectivity index (χ2v) is 3.47. The van der Waals surface area contributed by atoms with Crippen LogP contribution in [0.25, 0.3) is 10.9 Å². The molecule has 0 aliphatic rings. The molecule has 0 saturated heterocycles. The monoisotopic (exact) mass is 207 g/mol. The van der Waals surface area contributed by atoms with Gasteiger partial charge in [-0.25, -0.2) is 4.39 Å². The summed E-state index contributed by atoms with van der Waals surface area (Å²) in [6.07, 6.45) is 1.65. The predicted molar refractivity (Wildman–Crippen MR) is 54.3 cm³/mol. The minimum Gasteiger partial charge on any atom is -0.480 e. The molecule has 0 amide bonds. The second kappa shape index (κ2) is 3.38. The molecule has 1 aromatic carbocycles. The van der Waals surface area contributed by atoms with E-state index in [1.54, 1.807) is 18.3 Å². The van der Waals surface area contributed by atoms with Crippen LogP contribution < -0.4 is 0 Å². The van der Waals surface area contributed by atoms with Crippen LogP contribution in [0, 0.1) is 12.7 Å². The summed E-state index contributed by atoms with van der Waals surface area (Å²) in [7, 11) is 0. The van der Waals surface area contributed by atoms with Crippen LogP contribution in [0.1, 0.15) is 5.56 Å². The number of carboxylic acid groups (broad SMARTS) is 1. The molecule has 2 aromatic rings. The van der Waals surface area contributed by atoms with Crippen molar-refractivity contribution in [2.45, 2.75) is 13.5 Å². The molecule has 0 radical (unpaired) electrons. The number of halogens is 1. The van der Waals surface area contributed by atoms with Crippen molar-refractivity contribution in [3.05, 3.63) is 35.8 Å². The Labute approximate surface area is 85.7 Å². The smallest absolute Gasteiger partial charge is 0.323 e. The van der Waals surface area contributed by atoms with Crippen LogP contribution in [-0.2, 0) is 11.3 Å². The normalized spacial score (nSPS) is 10.8. The lowest BCUT2D eigenvalue weighted by atomic mass is 10.2. The summed E-state index contributed by atoms with van der Waals surface area (Å²) in [6, 6.07) is 4.74. The highest BCUT2D eigenvalue weighted by molar-refractivity contribution is 5.85. The van der Waals surface area contributed by atoms with Gasteiger partial charge in [0.25, 0.3) is 0 Å². The Kier molecular flexibility index (Phi) is 2.19. The van der Waals surface area contributed by atoms with Gasteiger partial charge >= 0.3 is 5.97 Å². The van der Waals surface area contributed by atoms with E-state index < -0.39 is 5.97 Å². The molecule has 0 fully saturated rings. The summed E-state index contributed by atoms with van der Waals surface area (Å²) in [5.41, 5.74) is 1.24. The zero-order valence-corrected chi connectivity index (χ0v) is 8.20. The Balaban J connectivity index is 2.70. The van der Waals surface area contributed by atoms with Gasteiger partial charge in [-0.05, 0) is 18.6 Å². The summed E-state index contributed by atoms with van der Waals surface area (Å²) in [4.78, 5) is 10.6. The first-order valence-corrected chi connectivity index (χ1v) is 4.55. The van der Waals surface area contributed by atoms with Crippen LogP contribution in [0.2, 0.25) is 0 Å². The minimum absolute atomic E-state index is 0.217. The number of para-hydroxylation sites is 1. The molecule has 0 spiro atoms. The van der Waals surface area contributed by atoms with Crippen molar-refractivity contribution in [1.82, 2.24) is 4.57 Å². The molecule has 0 aliphatic carbocycles. The van der Waals surface area contributed by atoms with E-state index in [-0.39, 0.29) is 12.4 Å². The largest absolute Gasteiger partial charge is 0.480 e. The lowest BCUT2D eigenvalue weighted by molar-refractivity contribution is -0.137. The zero-order chi connectivity index (χ0) is 11.0. The molecule has 0 saturated carbocycles. The molecule has 2 rings (SSSR count). The third-order valence-electron chi connectivity index (χ3n) is 2.35. The van der Waals surface area contributed by atoms with Gasteiger partial charge < -0.3 is 9.67 Å². The SMILES string of the molecule is Cc1cn(CC(=O)O)c2c(F)cccc12. The topological polar surface area (TPSA) is 42.2 Å². The molecule has 15 heavy (non-hydrogen) atoms. The fourth-order valence-electron chi connectivity index (χ4n) is 1.76. The Bertz CT molecular complexity index is 531. The van der Waals surface area contributed by atoms with Crippen molar-refractivity contribution in [1.29, 1.82) is 0 Å². The Hall–Kier alpha value is -1.84. The van der Waals surface area contributed by atoms with E-state index in [0.29, 0.717) is 5.52 Å². The number of carboxylic acids is 1. The number of aliphatic carboxylic acids is 1. The molecular formula is C11H10FNO2. The van der Waals surface area contributed by atoms with Crippen LogP contribution in [0.4, 0.5) is 4.39 Å². The highest BCUT2D eigenvalue weighted by atomic mass is 19.1. The average Bonchev–Trinajstić information content (AvgIpc) is 2.44. The van der Waals surface area contributed by atoms with Crippen LogP contribution in [-0.4, -0.2) is 15.6 Å². The summed E-state index contributed by atoms with van der Waals surface area (Å²) < 4.78 is 14.9. The number of fused-ring (bicyclic) bond motifs is 1. The van der Waals surface area contributed by atoms with Gasteiger partial charge in [-0.2, -0.15) is 0 Å². The van der Waals surface area contributed by atoms with Crippen molar-refractivity contribution in [3.63, 3.8) is 0 Å². The number of rotatable bonds is 2. The third kappa shape index (κ3) is 1.58. The van der Waals surface area contributed by atoms with E-state index in [9.17, 15) is 9.18 Å². The zero-order valence-electron chi connectivity index (χ0n) is 8.20. The highest BCUT2D eigenvalue weighted by Gasteiger charge is 2.11. The summed E-state index contributed by atoms with van der Waals surface area (Å²) in [5.74, 6) is -1.36. The summed E-state index contributed by atoms with van der Waals surface area (Å²) in [6.45, 7) is 1.62. The van der Waals surface area contributed by atoms with Gasteiger partial charge in [-0.3, -0.25) is 4.79 Å². The number of benzene rings is 1. The summed E-state index contributed by atoms with van der Waals surface area (Å²) >= 11 is 0. The third-order valence-corrected chi connectivity index (χ3v) is 2.35. The first-order chi connectivity index (χ1) is 7.09. The van der Waals surface area contributed by atoms with Gasteiger partial charge in [-0.15, -0.1) is 0 Å². The predicted octanol–water partition coefficient (Wildman–Crippen LogP) is 2.17. The van der Waals surface area contributed by atoms with E-state index in [4.69, 9.17) is 5.11 Å². The molecule has 78 valence electrons. The quantitative estimate of drug-likeness (QED) is 0.820. The second-order valence-electron chi connectivity index (χ2n) is 3.47. The fraction of sp³-hybridized carbons (Fsp3) is 0.182. The van der Waals surface area contributed by atoms with E-state index in [1.165, 1.54) is 10.6 Å². The molecule has 0 bridgehead atoms. The van der Waals surface area contributed by atoms with Crippen LogP contribution in [0.3, 0.4) is 0 Å². The molecule has 1 aromatic heterocycles. The number of hydrogen-bond acceptors (Lipinski definition) is 1. The molecule has 0 atom stereocenters. The molecule has 1 heterocycles. The van der Waals surface area contributed by atoms with Crippen molar-refractivity contribution in [3.8, 4) is 0 Å². The van der Waals surface area contributed by atoms with Gasteiger partial charge in [0.05, 0.1) is 5.52 Å². The van der Waals surface area contributed by atoms with Crippen LogP contribution >= 0.6 is 0 Å². The Morgan fingerprint density at radius 2 is 2.27 bits per heavy atom. The molecule has 3 nitrogen and oxygen atoms in total. The number of aryl methyl sites for hydroxylation is 1. The first kappa shape index (κ1) is 9.71. The molecular weight excluding hydrogens is 197 g/mol.